The highest BCUT2D eigenvalue weighted by Gasteiger charge is 2.14. The van der Waals surface area contributed by atoms with E-state index in [0.29, 0.717) is 28.7 Å². The minimum absolute atomic E-state index is 0.232. The van der Waals surface area contributed by atoms with E-state index < -0.39 is 0 Å². The zero-order chi connectivity index (χ0) is 17.9. The molecule has 3 heterocycles. The normalized spacial score (nSPS) is 13.8. The van der Waals surface area contributed by atoms with Gasteiger partial charge in [-0.3, -0.25) is 4.79 Å². The molecule has 7 nitrogen and oxygen atoms in total. The molecule has 1 aromatic carbocycles. The van der Waals surface area contributed by atoms with Gasteiger partial charge in [0.1, 0.15) is 5.82 Å². The maximum atomic E-state index is 12.5. The van der Waals surface area contributed by atoms with E-state index >= 15 is 0 Å². The van der Waals surface area contributed by atoms with Crippen molar-refractivity contribution >= 4 is 17.4 Å². The van der Waals surface area contributed by atoms with Gasteiger partial charge in [0, 0.05) is 31.1 Å². The highest BCUT2D eigenvalue weighted by molar-refractivity contribution is 6.04. The van der Waals surface area contributed by atoms with Crippen LogP contribution >= 0.6 is 0 Å². The van der Waals surface area contributed by atoms with E-state index in [9.17, 15) is 4.79 Å². The van der Waals surface area contributed by atoms with E-state index in [-0.39, 0.29) is 5.91 Å². The van der Waals surface area contributed by atoms with Crippen LogP contribution in [0.25, 0.3) is 11.5 Å². The third-order valence-corrected chi connectivity index (χ3v) is 4.36. The molecule has 0 bridgehead atoms. The Balaban J connectivity index is 1.47. The number of carbonyl (C=O) groups excluding carboxylic acids is 1. The van der Waals surface area contributed by atoms with Crippen molar-refractivity contribution in [2.75, 3.05) is 23.3 Å². The largest absolute Gasteiger partial charge is 0.421 e. The van der Waals surface area contributed by atoms with Gasteiger partial charge < -0.3 is 14.6 Å². The molecule has 26 heavy (non-hydrogen) atoms. The quantitative estimate of drug-likeness (QED) is 0.778. The van der Waals surface area contributed by atoms with E-state index in [0.717, 1.165) is 18.8 Å². The lowest BCUT2D eigenvalue weighted by molar-refractivity contribution is 0.102. The number of hydrogen-bond acceptors (Lipinski definition) is 6. The number of pyridine rings is 1. The molecule has 0 unspecified atom stereocenters. The van der Waals surface area contributed by atoms with Gasteiger partial charge in [0.2, 0.25) is 11.8 Å². The van der Waals surface area contributed by atoms with Gasteiger partial charge in [0.25, 0.3) is 5.91 Å². The SMILES string of the molecule is Cc1nnc(-c2cccc(C(=O)Nc3ccc(N4CCCC4)cn3)c2)o1. The standard InChI is InChI=1S/C19H19N5O2/c1-13-22-23-19(26-13)15-6-4-5-14(11-15)18(25)21-17-8-7-16(12-20-17)24-9-2-3-10-24/h4-8,11-12H,2-3,9-10H2,1H3,(H,20,21,25). The first-order valence-electron chi connectivity index (χ1n) is 8.62. The van der Waals surface area contributed by atoms with Crippen LogP contribution in [-0.2, 0) is 0 Å². The van der Waals surface area contributed by atoms with Crippen LogP contribution in [0.15, 0.2) is 47.0 Å². The van der Waals surface area contributed by atoms with Gasteiger partial charge in [-0.05, 0) is 43.2 Å². The summed E-state index contributed by atoms with van der Waals surface area (Å²) in [6, 6.07) is 10.9. The van der Waals surface area contributed by atoms with E-state index in [2.05, 4.69) is 25.4 Å². The number of benzene rings is 1. The van der Waals surface area contributed by atoms with Gasteiger partial charge >= 0.3 is 0 Å². The molecule has 132 valence electrons. The summed E-state index contributed by atoms with van der Waals surface area (Å²) >= 11 is 0. The monoisotopic (exact) mass is 349 g/mol. The Morgan fingerprint density at radius 2 is 2.00 bits per heavy atom. The van der Waals surface area contributed by atoms with Crippen molar-refractivity contribution in [2.24, 2.45) is 0 Å². The van der Waals surface area contributed by atoms with Gasteiger partial charge in [-0.15, -0.1) is 10.2 Å². The molecule has 1 aliphatic heterocycles. The van der Waals surface area contributed by atoms with E-state index in [1.807, 2.05) is 18.2 Å². The summed E-state index contributed by atoms with van der Waals surface area (Å²) in [6.45, 7) is 3.86. The molecule has 1 fully saturated rings. The van der Waals surface area contributed by atoms with Crippen molar-refractivity contribution in [3.8, 4) is 11.5 Å². The number of amides is 1. The zero-order valence-corrected chi connectivity index (χ0v) is 14.5. The summed E-state index contributed by atoms with van der Waals surface area (Å²) < 4.78 is 5.41. The van der Waals surface area contributed by atoms with E-state index in [4.69, 9.17) is 4.42 Å². The predicted octanol–water partition coefficient (Wildman–Crippen LogP) is 3.29. The van der Waals surface area contributed by atoms with Crippen LogP contribution in [0.2, 0.25) is 0 Å². The summed E-state index contributed by atoms with van der Waals surface area (Å²) in [5, 5.41) is 10.6. The fourth-order valence-electron chi connectivity index (χ4n) is 3.02. The average molecular weight is 349 g/mol. The fraction of sp³-hybridized carbons (Fsp3) is 0.263. The van der Waals surface area contributed by atoms with E-state index in [1.165, 1.54) is 12.8 Å². The van der Waals surface area contributed by atoms with Crippen molar-refractivity contribution < 1.29 is 9.21 Å². The molecule has 1 saturated heterocycles. The highest BCUT2D eigenvalue weighted by atomic mass is 16.4. The van der Waals surface area contributed by atoms with Gasteiger partial charge in [0.15, 0.2) is 0 Å². The minimum atomic E-state index is -0.232. The molecule has 1 aliphatic rings. The van der Waals surface area contributed by atoms with Crippen molar-refractivity contribution in [3.63, 3.8) is 0 Å². The first-order valence-corrected chi connectivity index (χ1v) is 8.62. The summed E-state index contributed by atoms with van der Waals surface area (Å²) in [7, 11) is 0. The smallest absolute Gasteiger partial charge is 0.256 e. The molecular formula is C19H19N5O2. The molecule has 0 aliphatic carbocycles. The number of anilines is 2. The topological polar surface area (TPSA) is 84.2 Å². The lowest BCUT2D eigenvalue weighted by atomic mass is 10.1. The molecule has 0 radical (unpaired) electrons. The summed E-state index contributed by atoms with van der Waals surface area (Å²) in [6.07, 6.45) is 4.24. The molecule has 0 atom stereocenters. The summed E-state index contributed by atoms with van der Waals surface area (Å²) in [4.78, 5) is 19.2. The van der Waals surface area contributed by atoms with Crippen molar-refractivity contribution in [3.05, 3.63) is 54.0 Å². The molecule has 1 amide bonds. The Bertz CT molecular complexity index is 914. The van der Waals surface area contributed by atoms with Crippen LogP contribution in [0.3, 0.4) is 0 Å². The molecule has 3 aromatic rings. The molecule has 7 heteroatoms. The van der Waals surface area contributed by atoms with Crippen LogP contribution < -0.4 is 10.2 Å². The third-order valence-electron chi connectivity index (χ3n) is 4.36. The average Bonchev–Trinajstić information content (AvgIpc) is 3.34. The van der Waals surface area contributed by atoms with Crippen LogP contribution in [0.1, 0.15) is 29.1 Å². The molecule has 0 spiro atoms. The zero-order valence-electron chi connectivity index (χ0n) is 14.5. The van der Waals surface area contributed by atoms with Crippen molar-refractivity contribution in [1.29, 1.82) is 0 Å². The van der Waals surface area contributed by atoms with Crippen LogP contribution in [0, 0.1) is 6.92 Å². The number of hydrogen-bond donors (Lipinski definition) is 1. The van der Waals surface area contributed by atoms with Gasteiger partial charge in [-0.25, -0.2) is 4.98 Å². The van der Waals surface area contributed by atoms with Crippen LogP contribution in [0.5, 0.6) is 0 Å². The highest BCUT2D eigenvalue weighted by Crippen LogP contribution is 2.22. The van der Waals surface area contributed by atoms with Crippen molar-refractivity contribution in [2.45, 2.75) is 19.8 Å². The number of carbonyl (C=O) groups is 1. The number of nitrogens with one attached hydrogen (secondary N) is 1. The molecule has 2 aromatic heterocycles. The van der Waals surface area contributed by atoms with Gasteiger partial charge in [-0.1, -0.05) is 6.07 Å². The molecular weight excluding hydrogens is 330 g/mol. The van der Waals surface area contributed by atoms with Crippen LogP contribution in [-0.4, -0.2) is 34.2 Å². The predicted molar refractivity (Wildman–Crippen MR) is 98.1 cm³/mol. The van der Waals surface area contributed by atoms with Crippen molar-refractivity contribution in [1.82, 2.24) is 15.2 Å². The van der Waals surface area contributed by atoms with Gasteiger partial charge in [-0.2, -0.15) is 0 Å². The van der Waals surface area contributed by atoms with Crippen LogP contribution in [0.4, 0.5) is 11.5 Å². The summed E-state index contributed by atoms with van der Waals surface area (Å²) in [5.74, 6) is 1.17. The Morgan fingerprint density at radius 1 is 1.15 bits per heavy atom. The number of aryl methyl sites for hydroxylation is 1. The second-order valence-electron chi connectivity index (χ2n) is 6.26. The Morgan fingerprint density at radius 3 is 2.69 bits per heavy atom. The Hall–Kier alpha value is -3.22. The minimum Gasteiger partial charge on any atom is -0.421 e. The summed E-state index contributed by atoms with van der Waals surface area (Å²) in [5.41, 5.74) is 2.30. The maximum Gasteiger partial charge on any atom is 0.256 e. The first kappa shape index (κ1) is 16.3. The van der Waals surface area contributed by atoms with Gasteiger partial charge in [0.05, 0.1) is 11.9 Å². The molecule has 4 rings (SSSR count). The number of rotatable bonds is 4. The number of nitrogens with zero attached hydrogens (tertiary/aromatic N) is 4. The lowest BCUT2D eigenvalue weighted by Crippen LogP contribution is -2.18. The second-order valence-corrected chi connectivity index (χ2v) is 6.26. The lowest BCUT2D eigenvalue weighted by Gasteiger charge is -2.17. The third kappa shape index (κ3) is 3.42. The maximum absolute atomic E-state index is 12.5. The second kappa shape index (κ2) is 6.95. The van der Waals surface area contributed by atoms with E-state index in [1.54, 1.807) is 31.3 Å². The molecule has 0 saturated carbocycles. The Labute approximate surface area is 151 Å². The first-order chi connectivity index (χ1) is 12.7. The number of aromatic nitrogens is 3. The Kier molecular flexibility index (Phi) is 4.35. The fourth-order valence-corrected chi connectivity index (χ4v) is 3.02. The molecule has 1 N–H and O–H groups in total.